The van der Waals surface area contributed by atoms with Gasteiger partial charge < -0.3 is 4.98 Å². The minimum absolute atomic E-state index is 0.832. The molecule has 0 bridgehead atoms. The second kappa shape index (κ2) is 6.22. The number of aromatic nitrogens is 4. The van der Waals surface area contributed by atoms with Crippen LogP contribution in [0.25, 0.3) is 11.4 Å². The normalized spacial score (nSPS) is 12.6. The van der Waals surface area contributed by atoms with Crippen LogP contribution in [0.5, 0.6) is 0 Å². The Bertz CT molecular complexity index is 819. The minimum Gasteiger partial charge on any atom is -0.346 e. The fourth-order valence-corrected chi connectivity index (χ4v) is 2.12. The van der Waals surface area contributed by atoms with Crippen molar-refractivity contribution in [1.29, 1.82) is 0 Å². The molecule has 0 spiro atoms. The summed E-state index contributed by atoms with van der Waals surface area (Å²) in [4.78, 5) is 7.83. The van der Waals surface area contributed by atoms with Gasteiger partial charge in [0.05, 0.1) is 23.8 Å². The lowest BCUT2D eigenvalue weighted by molar-refractivity contribution is 0.803. The molecular formula is C17H17N5. The van der Waals surface area contributed by atoms with Crippen LogP contribution in [0.1, 0.15) is 18.1 Å². The van der Waals surface area contributed by atoms with Crippen LogP contribution in [0.4, 0.5) is 0 Å². The van der Waals surface area contributed by atoms with Crippen LogP contribution < -0.4 is 5.49 Å². The molecule has 0 aliphatic carbocycles. The van der Waals surface area contributed by atoms with E-state index in [0.717, 1.165) is 22.4 Å². The Morgan fingerprint density at radius 3 is 2.59 bits per heavy atom. The zero-order chi connectivity index (χ0) is 15.4. The molecule has 0 atom stereocenters. The monoisotopic (exact) mass is 291 g/mol. The number of H-pyrrole nitrogens is 1. The summed E-state index contributed by atoms with van der Waals surface area (Å²) in [7, 11) is 0. The van der Waals surface area contributed by atoms with Gasteiger partial charge in [0.2, 0.25) is 0 Å². The third kappa shape index (κ3) is 3.03. The number of pyridine rings is 1. The first-order chi connectivity index (χ1) is 10.8. The van der Waals surface area contributed by atoms with Crippen molar-refractivity contribution >= 4 is 5.70 Å². The van der Waals surface area contributed by atoms with Gasteiger partial charge in [-0.2, -0.15) is 0 Å². The Labute approximate surface area is 128 Å². The first-order valence-electron chi connectivity index (χ1n) is 7.10. The van der Waals surface area contributed by atoms with Crippen molar-refractivity contribution in [2.75, 3.05) is 0 Å². The summed E-state index contributed by atoms with van der Waals surface area (Å²) in [5.74, 6) is 0. The zero-order valence-electron chi connectivity index (χ0n) is 12.6. The van der Waals surface area contributed by atoms with E-state index >= 15 is 0 Å². The molecule has 0 amide bonds. The van der Waals surface area contributed by atoms with Gasteiger partial charge in [0.1, 0.15) is 5.49 Å². The molecule has 0 saturated heterocycles. The molecule has 0 unspecified atom stereocenters. The van der Waals surface area contributed by atoms with Gasteiger partial charge in [0, 0.05) is 11.8 Å². The van der Waals surface area contributed by atoms with Gasteiger partial charge in [-0.1, -0.05) is 29.5 Å². The molecule has 0 fully saturated rings. The Morgan fingerprint density at radius 2 is 2.00 bits per heavy atom. The Kier molecular flexibility index (Phi) is 3.96. The van der Waals surface area contributed by atoms with Crippen molar-refractivity contribution in [2.24, 2.45) is 4.99 Å². The smallest absolute Gasteiger partial charge is 0.130 e. The lowest BCUT2D eigenvalue weighted by atomic mass is 10.1. The van der Waals surface area contributed by atoms with Gasteiger partial charge in [-0.15, -0.1) is 5.10 Å². The summed E-state index contributed by atoms with van der Waals surface area (Å²) < 4.78 is 1.73. The van der Waals surface area contributed by atoms with Crippen molar-refractivity contribution in [1.82, 2.24) is 20.0 Å². The molecule has 3 rings (SSSR count). The van der Waals surface area contributed by atoms with Crippen molar-refractivity contribution in [3.63, 3.8) is 0 Å². The maximum atomic E-state index is 4.65. The second-order valence-corrected chi connectivity index (χ2v) is 4.93. The molecule has 2 aromatic heterocycles. The largest absolute Gasteiger partial charge is 0.346 e. The number of nitrogens with zero attached hydrogens (tertiary/aromatic N) is 4. The number of hydrogen-bond acceptors (Lipinski definition) is 3. The van der Waals surface area contributed by atoms with Gasteiger partial charge in [-0.3, -0.25) is 0 Å². The highest BCUT2D eigenvalue weighted by atomic mass is 15.4. The van der Waals surface area contributed by atoms with Crippen LogP contribution in [-0.2, 0) is 0 Å². The molecule has 110 valence electrons. The summed E-state index contributed by atoms with van der Waals surface area (Å²) >= 11 is 0. The molecule has 0 aliphatic heterocycles. The summed E-state index contributed by atoms with van der Waals surface area (Å²) in [6, 6.07) is 12.1. The molecule has 0 saturated carbocycles. The number of allylic oxidation sites excluding steroid dienone is 1. The van der Waals surface area contributed by atoms with E-state index in [4.69, 9.17) is 0 Å². The quantitative estimate of drug-likeness (QED) is 0.806. The number of nitrogens with one attached hydrogen (secondary N) is 1. The number of rotatable bonds is 3. The molecular weight excluding hydrogens is 274 g/mol. The summed E-state index contributed by atoms with van der Waals surface area (Å²) in [5, 5.41) is 7.79. The van der Waals surface area contributed by atoms with Crippen LogP contribution in [0.15, 0.2) is 66.1 Å². The Hall–Kier alpha value is -2.95. The Morgan fingerprint density at radius 1 is 1.18 bits per heavy atom. The van der Waals surface area contributed by atoms with Crippen LogP contribution >= 0.6 is 0 Å². The van der Waals surface area contributed by atoms with E-state index in [2.05, 4.69) is 20.3 Å². The van der Waals surface area contributed by atoms with Crippen molar-refractivity contribution < 1.29 is 0 Å². The van der Waals surface area contributed by atoms with E-state index in [1.54, 1.807) is 10.9 Å². The highest BCUT2D eigenvalue weighted by molar-refractivity contribution is 5.65. The van der Waals surface area contributed by atoms with Crippen LogP contribution in [-0.4, -0.2) is 20.0 Å². The first-order valence-corrected chi connectivity index (χ1v) is 7.10. The van der Waals surface area contributed by atoms with Gasteiger partial charge in [0.25, 0.3) is 0 Å². The van der Waals surface area contributed by atoms with E-state index in [1.165, 1.54) is 5.56 Å². The van der Waals surface area contributed by atoms with Crippen LogP contribution in [0, 0.1) is 6.92 Å². The lowest BCUT2D eigenvalue weighted by Crippen LogP contribution is -2.06. The van der Waals surface area contributed by atoms with Gasteiger partial charge in [-0.25, -0.2) is 9.67 Å². The molecule has 1 N–H and O–H groups in total. The molecule has 5 nitrogen and oxygen atoms in total. The molecule has 0 radical (unpaired) electrons. The highest BCUT2D eigenvalue weighted by Crippen LogP contribution is 2.17. The highest BCUT2D eigenvalue weighted by Gasteiger charge is 2.01. The van der Waals surface area contributed by atoms with Crippen molar-refractivity contribution in [2.45, 2.75) is 13.8 Å². The fraction of sp³-hybridized carbons (Fsp3) is 0.118. The van der Waals surface area contributed by atoms with E-state index in [0.29, 0.717) is 0 Å². The van der Waals surface area contributed by atoms with Crippen LogP contribution in [0.2, 0.25) is 0 Å². The predicted molar refractivity (Wildman–Crippen MR) is 86.1 cm³/mol. The number of aromatic amines is 1. The summed E-state index contributed by atoms with van der Waals surface area (Å²) in [6.07, 6.45) is 7.42. The van der Waals surface area contributed by atoms with E-state index < -0.39 is 0 Å². The van der Waals surface area contributed by atoms with Crippen molar-refractivity contribution in [3.8, 4) is 5.69 Å². The topological polar surface area (TPSA) is 58.9 Å². The van der Waals surface area contributed by atoms with Gasteiger partial charge in [-0.05, 0) is 37.6 Å². The first kappa shape index (κ1) is 14.0. The zero-order valence-corrected chi connectivity index (χ0v) is 12.6. The van der Waals surface area contributed by atoms with Crippen molar-refractivity contribution in [3.05, 3.63) is 77.7 Å². The average molecular weight is 291 g/mol. The summed E-state index contributed by atoms with van der Waals surface area (Å²) in [6.45, 7) is 4.03. The standard InChI is InChI=1S/C17H17N5/c1-3-16(20-17-9-4-13(2)12-18-17)14-5-7-15(8-6-14)22-11-10-19-21-22/h3-12H,1-2H3,(H,18,20)/b16-3-. The van der Waals surface area contributed by atoms with E-state index in [1.807, 2.05) is 68.7 Å². The number of aryl methyl sites for hydroxylation is 1. The van der Waals surface area contributed by atoms with Gasteiger partial charge >= 0.3 is 0 Å². The maximum Gasteiger partial charge on any atom is 0.130 e. The second-order valence-electron chi connectivity index (χ2n) is 4.93. The molecule has 22 heavy (non-hydrogen) atoms. The maximum absolute atomic E-state index is 4.65. The molecule has 5 heteroatoms. The predicted octanol–water partition coefficient (Wildman–Crippen LogP) is 2.87. The summed E-state index contributed by atoms with van der Waals surface area (Å²) in [5.41, 5.74) is 4.96. The number of hydrogen-bond donors (Lipinski definition) is 1. The SMILES string of the molecule is C/C=C(\N=c1\ccc(C)c[nH]1)c1ccc(-n2ccnn2)cc1. The fourth-order valence-electron chi connectivity index (χ4n) is 2.12. The third-order valence-electron chi connectivity index (χ3n) is 3.32. The molecule has 0 aliphatic rings. The minimum atomic E-state index is 0.832. The van der Waals surface area contributed by atoms with E-state index in [-0.39, 0.29) is 0 Å². The average Bonchev–Trinajstić information content (AvgIpc) is 3.09. The Balaban J connectivity index is 1.91. The molecule has 2 heterocycles. The molecule has 3 aromatic rings. The van der Waals surface area contributed by atoms with E-state index in [9.17, 15) is 0 Å². The third-order valence-corrected chi connectivity index (χ3v) is 3.32. The van der Waals surface area contributed by atoms with Gasteiger partial charge in [0.15, 0.2) is 0 Å². The number of benzene rings is 1. The van der Waals surface area contributed by atoms with Crippen LogP contribution in [0.3, 0.4) is 0 Å². The molecule has 1 aromatic carbocycles. The lowest BCUT2D eigenvalue weighted by Gasteiger charge is -2.04.